The molecule has 0 aliphatic carbocycles. The first kappa shape index (κ1) is 20.5. The van der Waals surface area contributed by atoms with Gasteiger partial charge >= 0.3 is 0 Å². The summed E-state index contributed by atoms with van der Waals surface area (Å²) < 4.78 is 5.97. The van der Waals surface area contributed by atoms with Crippen LogP contribution in [0.3, 0.4) is 0 Å². The molecular weight excluding hydrogens is 284 g/mol. The lowest BCUT2D eigenvalue weighted by atomic mass is 10.2. The lowest BCUT2D eigenvalue weighted by Crippen LogP contribution is -2.46. The van der Waals surface area contributed by atoms with Crippen LogP contribution in [0, 0.1) is 0 Å². The SMILES string of the molecule is CCOC(CCN(C)C)CNC(=NC)NCC(C)(C)SC. The number of ether oxygens (including phenoxy) is 1. The van der Waals surface area contributed by atoms with E-state index in [4.69, 9.17) is 4.74 Å². The Bertz CT molecular complexity index is 295. The minimum atomic E-state index is 0.196. The van der Waals surface area contributed by atoms with Gasteiger partial charge in [0.1, 0.15) is 0 Å². The van der Waals surface area contributed by atoms with Gasteiger partial charge in [-0.2, -0.15) is 11.8 Å². The average Bonchev–Trinajstić information content (AvgIpc) is 2.44. The molecule has 126 valence electrons. The molecule has 0 spiro atoms. The van der Waals surface area contributed by atoms with Crippen LogP contribution in [0.25, 0.3) is 0 Å². The van der Waals surface area contributed by atoms with Gasteiger partial charge in [0.25, 0.3) is 0 Å². The van der Waals surface area contributed by atoms with Crippen LogP contribution in [0.1, 0.15) is 27.2 Å². The van der Waals surface area contributed by atoms with Crippen LogP contribution in [0.4, 0.5) is 0 Å². The normalized spacial score (nSPS) is 14.4. The summed E-state index contributed by atoms with van der Waals surface area (Å²) in [5.41, 5.74) is 0. The number of hydrogen-bond acceptors (Lipinski definition) is 4. The van der Waals surface area contributed by atoms with Crippen LogP contribution in [-0.2, 0) is 4.74 Å². The third-order valence-corrected chi connectivity index (χ3v) is 4.51. The standard InChI is InChI=1S/C15H34N4OS/c1-8-20-13(9-10-19(5)6)11-17-14(16-4)18-12-15(2,3)21-7/h13H,8-12H2,1-7H3,(H2,16,17,18). The zero-order valence-corrected chi connectivity index (χ0v) is 15.6. The Morgan fingerprint density at radius 1 is 1.33 bits per heavy atom. The van der Waals surface area contributed by atoms with E-state index in [1.165, 1.54) is 0 Å². The van der Waals surface area contributed by atoms with Crippen molar-refractivity contribution in [3.8, 4) is 0 Å². The summed E-state index contributed by atoms with van der Waals surface area (Å²) in [6.45, 7) is 9.90. The van der Waals surface area contributed by atoms with Crippen LogP contribution in [0.15, 0.2) is 4.99 Å². The third kappa shape index (κ3) is 10.8. The van der Waals surface area contributed by atoms with Crippen molar-refractivity contribution in [3.63, 3.8) is 0 Å². The van der Waals surface area contributed by atoms with E-state index in [2.05, 4.69) is 54.7 Å². The summed E-state index contributed by atoms with van der Waals surface area (Å²) in [5, 5.41) is 6.74. The van der Waals surface area contributed by atoms with E-state index in [1.807, 2.05) is 18.7 Å². The molecule has 0 aromatic heterocycles. The maximum absolute atomic E-state index is 5.78. The maximum atomic E-state index is 5.78. The molecule has 0 rings (SSSR count). The van der Waals surface area contributed by atoms with Crippen molar-refractivity contribution in [3.05, 3.63) is 0 Å². The Hall–Kier alpha value is -0.460. The molecule has 0 aromatic rings. The smallest absolute Gasteiger partial charge is 0.191 e. The fourth-order valence-corrected chi connectivity index (χ4v) is 1.90. The molecule has 21 heavy (non-hydrogen) atoms. The molecule has 0 heterocycles. The lowest BCUT2D eigenvalue weighted by Gasteiger charge is -2.25. The van der Waals surface area contributed by atoms with E-state index in [-0.39, 0.29) is 10.9 Å². The Balaban J connectivity index is 4.21. The molecule has 5 nitrogen and oxygen atoms in total. The van der Waals surface area contributed by atoms with E-state index in [0.717, 1.165) is 38.6 Å². The van der Waals surface area contributed by atoms with Gasteiger partial charge in [0.2, 0.25) is 0 Å². The predicted molar refractivity (Wildman–Crippen MR) is 95.5 cm³/mol. The first-order valence-electron chi connectivity index (χ1n) is 7.60. The molecule has 0 aliphatic rings. The summed E-state index contributed by atoms with van der Waals surface area (Å²) in [6.07, 6.45) is 3.36. The van der Waals surface area contributed by atoms with Gasteiger partial charge in [-0.25, -0.2) is 0 Å². The average molecular weight is 319 g/mol. The third-order valence-electron chi connectivity index (χ3n) is 3.26. The summed E-state index contributed by atoms with van der Waals surface area (Å²) in [7, 11) is 5.97. The Labute approximate surface area is 135 Å². The van der Waals surface area contributed by atoms with Crippen molar-refractivity contribution in [1.82, 2.24) is 15.5 Å². The van der Waals surface area contributed by atoms with Gasteiger partial charge in [0.15, 0.2) is 5.96 Å². The number of hydrogen-bond donors (Lipinski definition) is 2. The molecule has 1 unspecified atom stereocenters. The van der Waals surface area contributed by atoms with E-state index >= 15 is 0 Å². The molecule has 0 bridgehead atoms. The van der Waals surface area contributed by atoms with Gasteiger partial charge in [0.05, 0.1) is 6.10 Å². The number of aliphatic imine (C=N–C) groups is 1. The first-order chi connectivity index (χ1) is 9.84. The van der Waals surface area contributed by atoms with Gasteiger partial charge < -0.3 is 20.3 Å². The number of nitrogens with zero attached hydrogens (tertiary/aromatic N) is 2. The number of thioether (sulfide) groups is 1. The monoisotopic (exact) mass is 318 g/mol. The highest BCUT2D eigenvalue weighted by molar-refractivity contribution is 7.99. The Morgan fingerprint density at radius 2 is 2.00 bits per heavy atom. The molecule has 1 atom stereocenters. The topological polar surface area (TPSA) is 48.9 Å². The Kier molecular flexibility index (Phi) is 10.9. The number of guanidine groups is 1. The molecule has 0 aromatic carbocycles. The molecule has 0 fully saturated rings. The summed E-state index contributed by atoms with van der Waals surface area (Å²) in [6, 6.07) is 0. The van der Waals surface area contributed by atoms with Gasteiger partial charge in [-0.05, 0) is 47.5 Å². The molecule has 0 aliphatic heterocycles. The molecule has 2 N–H and O–H groups in total. The second kappa shape index (κ2) is 11.2. The highest BCUT2D eigenvalue weighted by atomic mass is 32.2. The zero-order chi connectivity index (χ0) is 16.3. The predicted octanol–water partition coefficient (Wildman–Crippen LogP) is 1.65. The minimum Gasteiger partial charge on any atom is -0.377 e. The van der Waals surface area contributed by atoms with Crippen molar-refractivity contribution >= 4 is 17.7 Å². The molecule has 0 amide bonds. The zero-order valence-electron chi connectivity index (χ0n) is 14.8. The minimum absolute atomic E-state index is 0.196. The second-order valence-corrected chi connectivity index (χ2v) is 7.45. The van der Waals surface area contributed by atoms with E-state index in [1.54, 1.807) is 7.05 Å². The fourth-order valence-electron chi connectivity index (χ4n) is 1.68. The van der Waals surface area contributed by atoms with Crippen molar-refractivity contribution in [1.29, 1.82) is 0 Å². The van der Waals surface area contributed by atoms with Crippen LogP contribution >= 0.6 is 11.8 Å². The lowest BCUT2D eigenvalue weighted by molar-refractivity contribution is 0.0548. The quantitative estimate of drug-likeness (QED) is 0.474. The molecule has 0 saturated carbocycles. The van der Waals surface area contributed by atoms with Crippen LogP contribution in [-0.4, -0.2) is 75.4 Å². The van der Waals surface area contributed by atoms with Gasteiger partial charge in [-0.1, -0.05) is 0 Å². The highest BCUT2D eigenvalue weighted by Crippen LogP contribution is 2.19. The van der Waals surface area contributed by atoms with Crippen molar-refractivity contribution < 1.29 is 4.74 Å². The van der Waals surface area contributed by atoms with Crippen molar-refractivity contribution in [2.45, 2.75) is 38.0 Å². The molecule has 6 heteroatoms. The van der Waals surface area contributed by atoms with Gasteiger partial charge in [0, 0.05) is 38.0 Å². The first-order valence-corrected chi connectivity index (χ1v) is 8.83. The largest absolute Gasteiger partial charge is 0.377 e. The van der Waals surface area contributed by atoms with Crippen molar-refractivity contribution in [2.24, 2.45) is 4.99 Å². The van der Waals surface area contributed by atoms with Crippen LogP contribution in [0.2, 0.25) is 0 Å². The maximum Gasteiger partial charge on any atom is 0.191 e. The molecule has 0 saturated heterocycles. The summed E-state index contributed by atoms with van der Waals surface area (Å²) in [4.78, 5) is 6.45. The van der Waals surface area contributed by atoms with Crippen molar-refractivity contribution in [2.75, 3.05) is 53.6 Å². The van der Waals surface area contributed by atoms with Gasteiger partial charge in [-0.15, -0.1) is 0 Å². The molecular formula is C15H34N4OS. The second-order valence-electron chi connectivity index (χ2n) is 5.94. The fraction of sp³-hybridized carbons (Fsp3) is 0.933. The van der Waals surface area contributed by atoms with E-state index in [9.17, 15) is 0 Å². The van der Waals surface area contributed by atoms with Crippen LogP contribution in [0.5, 0.6) is 0 Å². The number of rotatable bonds is 10. The van der Waals surface area contributed by atoms with E-state index < -0.39 is 0 Å². The van der Waals surface area contributed by atoms with Gasteiger partial charge in [-0.3, -0.25) is 4.99 Å². The summed E-state index contributed by atoms with van der Waals surface area (Å²) in [5.74, 6) is 0.840. The Morgan fingerprint density at radius 3 is 2.48 bits per heavy atom. The van der Waals surface area contributed by atoms with Crippen LogP contribution < -0.4 is 10.6 Å². The summed E-state index contributed by atoms with van der Waals surface area (Å²) >= 11 is 1.85. The van der Waals surface area contributed by atoms with E-state index in [0.29, 0.717) is 0 Å². The number of nitrogens with one attached hydrogen (secondary N) is 2. The highest BCUT2D eigenvalue weighted by Gasteiger charge is 2.16. The molecule has 0 radical (unpaired) electrons.